The molecule has 0 amide bonds. The topological polar surface area (TPSA) is 63.3 Å². The molecule has 1 rings (SSSR count). The zero-order valence-corrected chi connectivity index (χ0v) is 8.31. The van der Waals surface area contributed by atoms with Crippen LogP contribution in [0.2, 0.25) is 0 Å². The van der Waals surface area contributed by atoms with Crippen molar-refractivity contribution in [1.29, 1.82) is 0 Å². The number of allylic oxidation sites excluding steroid dienone is 7. The Morgan fingerprint density at radius 2 is 2.27 bits per heavy atom. The first-order chi connectivity index (χ1) is 7.15. The molecule has 78 valence electrons. The molecule has 0 aromatic rings. The molecule has 3 nitrogen and oxygen atoms in total. The fourth-order valence-electron chi connectivity index (χ4n) is 1.22. The fourth-order valence-corrected chi connectivity index (χ4v) is 1.22. The van der Waals surface area contributed by atoms with Crippen LogP contribution in [-0.2, 0) is 4.79 Å². The lowest BCUT2D eigenvalue weighted by Gasteiger charge is -2.10. The molecule has 0 heterocycles. The Morgan fingerprint density at radius 1 is 1.53 bits per heavy atom. The summed E-state index contributed by atoms with van der Waals surface area (Å²) in [6, 6.07) is 0. The van der Waals surface area contributed by atoms with Crippen LogP contribution in [-0.4, -0.2) is 11.1 Å². The van der Waals surface area contributed by atoms with Gasteiger partial charge in [0.1, 0.15) is 0 Å². The van der Waals surface area contributed by atoms with Gasteiger partial charge in [0.15, 0.2) is 0 Å². The van der Waals surface area contributed by atoms with Crippen LogP contribution in [0.25, 0.3) is 0 Å². The lowest BCUT2D eigenvalue weighted by atomic mass is 9.99. The van der Waals surface area contributed by atoms with Crippen molar-refractivity contribution in [1.82, 2.24) is 0 Å². The lowest BCUT2D eigenvalue weighted by molar-refractivity contribution is -0.132. The van der Waals surface area contributed by atoms with E-state index in [4.69, 9.17) is 10.8 Å². The maximum atomic E-state index is 10.8. The Labute approximate surface area is 88.6 Å². The first-order valence-corrected chi connectivity index (χ1v) is 4.54. The van der Waals surface area contributed by atoms with E-state index in [1.807, 2.05) is 12.2 Å². The molecule has 0 unspecified atom stereocenters. The van der Waals surface area contributed by atoms with Crippen LogP contribution in [0.4, 0.5) is 0 Å². The number of rotatable bonds is 3. The molecule has 0 spiro atoms. The first kappa shape index (κ1) is 11.0. The zero-order valence-electron chi connectivity index (χ0n) is 8.31. The number of nitrogens with two attached hydrogens (primary N) is 1. The predicted molar refractivity (Wildman–Crippen MR) is 60.0 cm³/mol. The third-order valence-electron chi connectivity index (χ3n) is 1.99. The monoisotopic (exact) mass is 203 g/mol. The highest BCUT2D eigenvalue weighted by Crippen LogP contribution is 2.19. The maximum absolute atomic E-state index is 10.8. The first-order valence-electron chi connectivity index (χ1n) is 4.54. The van der Waals surface area contributed by atoms with E-state index in [9.17, 15) is 4.79 Å². The second kappa shape index (κ2) is 5.00. The Hall–Kier alpha value is -2.03. The van der Waals surface area contributed by atoms with Gasteiger partial charge in [-0.15, -0.1) is 0 Å². The summed E-state index contributed by atoms with van der Waals surface area (Å²) in [5.41, 5.74) is 6.94. The van der Waals surface area contributed by atoms with Crippen molar-refractivity contribution in [2.75, 3.05) is 0 Å². The molecule has 0 saturated carbocycles. The molecular weight excluding hydrogens is 190 g/mol. The number of carboxylic acids is 1. The van der Waals surface area contributed by atoms with Gasteiger partial charge >= 0.3 is 5.97 Å². The summed E-state index contributed by atoms with van der Waals surface area (Å²) in [6.07, 6.45) is 11.0. The standard InChI is InChI=1S/C12H13NO2/c1-2-3-4-5-9-6-7-11(13)10(8-9)12(14)15/h2-5,7-8H,1,6,13H2,(H,14,15)/b4-3-,9-5+. The van der Waals surface area contributed by atoms with Gasteiger partial charge < -0.3 is 10.8 Å². The molecule has 15 heavy (non-hydrogen) atoms. The van der Waals surface area contributed by atoms with Crippen molar-refractivity contribution in [2.24, 2.45) is 5.73 Å². The van der Waals surface area contributed by atoms with Gasteiger partial charge in [0.05, 0.1) is 5.57 Å². The predicted octanol–water partition coefficient (Wildman–Crippen LogP) is 1.91. The van der Waals surface area contributed by atoms with Crippen molar-refractivity contribution in [3.05, 3.63) is 59.9 Å². The highest BCUT2D eigenvalue weighted by atomic mass is 16.4. The smallest absolute Gasteiger partial charge is 0.337 e. The molecule has 1 aliphatic rings. The third kappa shape index (κ3) is 2.98. The van der Waals surface area contributed by atoms with Gasteiger partial charge in [0.2, 0.25) is 0 Å². The van der Waals surface area contributed by atoms with E-state index in [2.05, 4.69) is 6.58 Å². The molecular formula is C12H13NO2. The molecule has 0 aromatic carbocycles. The normalized spacial score (nSPS) is 18.8. The Balaban J connectivity index is 2.91. The second-order valence-corrected chi connectivity index (χ2v) is 3.09. The van der Waals surface area contributed by atoms with Crippen LogP contribution in [0.15, 0.2) is 59.9 Å². The number of carbonyl (C=O) groups is 1. The summed E-state index contributed by atoms with van der Waals surface area (Å²) in [7, 11) is 0. The number of carboxylic acid groups (broad SMARTS) is 1. The van der Waals surface area contributed by atoms with E-state index >= 15 is 0 Å². The van der Waals surface area contributed by atoms with Gasteiger partial charge in [-0.05, 0) is 18.1 Å². The minimum Gasteiger partial charge on any atom is -0.478 e. The van der Waals surface area contributed by atoms with E-state index < -0.39 is 5.97 Å². The molecule has 0 radical (unpaired) electrons. The molecule has 1 aliphatic carbocycles. The summed E-state index contributed by atoms with van der Waals surface area (Å²) in [5, 5.41) is 8.85. The number of hydrogen-bond acceptors (Lipinski definition) is 2. The molecule has 3 heteroatoms. The van der Waals surface area contributed by atoms with Gasteiger partial charge in [-0.2, -0.15) is 0 Å². The average Bonchev–Trinajstić information content (AvgIpc) is 2.20. The van der Waals surface area contributed by atoms with Gasteiger partial charge in [0.25, 0.3) is 0 Å². The van der Waals surface area contributed by atoms with Crippen LogP contribution >= 0.6 is 0 Å². The highest BCUT2D eigenvalue weighted by Gasteiger charge is 2.14. The molecule has 0 aromatic heterocycles. The lowest BCUT2D eigenvalue weighted by Crippen LogP contribution is -2.13. The Morgan fingerprint density at radius 3 is 2.87 bits per heavy atom. The Kier molecular flexibility index (Phi) is 3.68. The van der Waals surface area contributed by atoms with Crippen LogP contribution in [0.1, 0.15) is 6.42 Å². The van der Waals surface area contributed by atoms with E-state index in [1.54, 1.807) is 24.3 Å². The summed E-state index contributed by atoms with van der Waals surface area (Å²) >= 11 is 0. The SMILES string of the molecule is C=C/C=C\C=C1\C=C(C(=O)O)C(N)=CC1. The molecule has 0 saturated heterocycles. The third-order valence-corrected chi connectivity index (χ3v) is 1.99. The van der Waals surface area contributed by atoms with Gasteiger partial charge in [-0.3, -0.25) is 0 Å². The van der Waals surface area contributed by atoms with Crippen LogP contribution in [0, 0.1) is 0 Å². The largest absolute Gasteiger partial charge is 0.478 e. The van der Waals surface area contributed by atoms with Crippen LogP contribution in [0.5, 0.6) is 0 Å². The summed E-state index contributed by atoms with van der Waals surface area (Å²) < 4.78 is 0. The molecule has 0 aliphatic heterocycles. The zero-order chi connectivity index (χ0) is 11.3. The molecule has 0 bridgehead atoms. The maximum Gasteiger partial charge on any atom is 0.337 e. The van der Waals surface area contributed by atoms with E-state index in [-0.39, 0.29) is 5.57 Å². The minimum absolute atomic E-state index is 0.152. The summed E-state index contributed by atoms with van der Waals surface area (Å²) in [6.45, 7) is 3.54. The molecule has 0 atom stereocenters. The molecule has 3 N–H and O–H groups in total. The van der Waals surface area contributed by atoms with Gasteiger partial charge in [-0.1, -0.05) is 37.0 Å². The fraction of sp³-hybridized carbons (Fsp3) is 0.0833. The van der Waals surface area contributed by atoms with Crippen molar-refractivity contribution in [3.63, 3.8) is 0 Å². The van der Waals surface area contributed by atoms with Crippen molar-refractivity contribution < 1.29 is 9.90 Å². The van der Waals surface area contributed by atoms with Crippen LogP contribution < -0.4 is 5.73 Å². The number of aliphatic carboxylic acids is 1. The van der Waals surface area contributed by atoms with Gasteiger partial charge in [-0.25, -0.2) is 4.79 Å². The highest BCUT2D eigenvalue weighted by molar-refractivity contribution is 5.92. The van der Waals surface area contributed by atoms with Crippen LogP contribution in [0.3, 0.4) is 0 Å². The van der Waals surface area contributed by atoms with Crippen molar-refractivity contribution >= 4 is 5.97 Å². The van der Waals surface area contributed by atoms with Crippen molar-refractivity contribution in [2.45, 2.75) is 6.42 Å². The van der Waals surface area contributed by atoms with E-state index in [0.29, 0.717) is 12.1 Å². The molecule has 0 fully saturated rings. The summed E-state index contributed by atoms with van der Waals surface area (Å²) in [5.74, 6) is -0.998. The van der Waals surface area contributed by atoms with E-state index in [1.165, 1.54) is 0 Å². The minimum atomic E-state index is -0.998. The Bertz CT molecular complexity index is 398. The van der Waals surface area contributed by atoms with Gasteiger partial charge in [0, 0.05) is 5.70 Å². The van der Waals surface area contributed by atoms with Crippen molar-refractivity contribution in [3.8, 4) is 0 Å². The average molecular weight is 203 g/mol. The second-order valence-electron chi connectivity index (χ2n) is 3.09. The summed E-state index contributed by atoms with van der Waals surface area (Å²) in [4.78, 5) is 10.8. The number of hydrogen-bond donors (Lipinski definition) is 2. The van der Waals surface area contributed by atoms with E-state index in [0.717, 1.165) is 5.57 Å². The quantitative estimate of drug-likeness (QED) is 0.689.